The van der Waals surface area contributed by atoms with Gasteiger partial charge in [0.1, 0.15) is 5.75 Å². The van der Waals surface area contributed by atoms with Crippen molar-refractivity contribution in [2.45, 2.75) is 70.7 Å². The lowest BCUT2D eigenvalue weighted by Gasteiger charge is -2.21. The molecule has 0 saturated carbocycles. The maximum Gasteiger partial charge on any atom is 0.241 e. The fourth-order valence-corrected chi connectivity index (χ4v) is 4.42. The van der Waals surface area contributed by atoms with Crippen molar-refractivity contribution < 1.29 is 9.53 Å². The zero-order chi connectivity index (χ0) is 24.5. The summed E-state index contributed by atoms with van der Waals surface area (Å²) < 4.78 is 7.67. The lowest BCUT2D eigenvalue weighted by molar-refractivity contribution is -0.117. The van der Waals surface area contributed by atoms with Crippen LogP contribution in [0, 0.1) is 0 Å². The standard InChI is InChI=1S/C27H33ClN4O2/c1-17(2)34-21-12-10-20(11-13-21)29-26(33)24-16-22(23-14-15-32(31-23)27(3,4)5)25(30-24)18-6-8-19(28)9-7-18/h6-15,17,22,24-25,30H,16H2,1-5H3,(H,29,33)/t22?,24-,25-/m0/s1. The molecule has 1 aromatic heterocycles. The third-order valence-corrected chi connectivity index (χ3v) is 6.24. The first-order valence-electron chi connectivity index (χ1n) is 11.8. The number of carbonyl (C=O) groups is 1. The smallest absolute Gasteiger partial charge is 0.241 e. The fourth-order valence-electron chi connectivity index (χ4n) is 4.29. The van der Waals surface area contributed by atoms with Gasteiger partial charge in [-0.2, -0.15) is 5.10 Å². The Hall–Kier alpha value is -2.83. The summed E-state index contributed by atoms with van der Waals surface area (Å²) in [5, 5.41) is 12.2. The van der Waals surface area contributed by atoms with Crippen LogP contribution in [0.2, 0.25) is 5.02 Å². The zero-order valence-electron chi connectivity index (χ0n) is 20.4. The van der Waals surface area contributed by atoms with Gasteiger partial charge in [0.2, 0.25) is 5.91 Å². The van der Waals surface area contributed by atoms with Gasteiger partial charge < -0.3 is 10.1 Å². The number of halogens is 1. The number of anilines is 1. The number of nitrogens with one attached hydrogen (secondary N) is 2. The van der Waals surface area contributed by atoms with Crippen LogP contribution in [0.1, 0.15) is 64.3 Å². The molecule has 0 radical (unpaired) electrons. The summed E-state index contributed by atoms with van der Waals surface area (Å²) in [5.41, 5.74) is 2.70. The fraction of sp³-hybridized carbons (Fsp3) is 0.407. The number of hydrogen-bond donors (Lipinski definition) is 2. The normalized spacial score (nSPS) is 20.5. The molecule has 1 fully saturated rings. The second-order valence-electron chi connectivity index (χ2n) is 10.1. The van der Waals surface area contributed by atoms with Crippen molar-refractivity contribution >= 4 is 23.2 Å². The molecule has 4 rings (SSSR count). The Balaban J connectivity index is 1.54. The summed E-state index contributed by atoms with van der Waals surface area (Å²) in [6.45, 7) is 10.3. The monoisotopic (exact) mass is 480 g/mol. The van der Waals surface area contributed by atoms with Crippen molar-refractivity contribution in [3.63, 3.8) is 0 Å². The highest BCUT2D eigenvalue weighted by atomic mass is 35.5. The SMILES string of the molecule is CC(C)Oc1ccc(NC(=O)[C@@H]2CC(c3ccn(C(C)(C)C)n3)[C@H](c3ccc(Cl)cc3)N2)cc1. The summed E-state index contributed by atoms with van der Waals surface area (Å²) in [6.07, 6.45) is 2.77. The van der Waals surface area contributed by atoms with Crippen LogP contribution in [0.3, 0.4) is 0 Å². The van der Waals surface area contributed by atoms with E-state index >= 15 is 0 Å². The van der Waals surface area contributed by atoms with Crippen LogP contribution in [0.15, 0.2) is 60.8 Å². The molecule has 2 aromatic carbocycles. The number of benzene rings is 2. The Morgan fingerprint density at radius 1 is 1.12 bits per heavy atom. The van der Waals surface area contributed by atoms with Crippen LogP contribution >= 0.6 is 11.6 Å². The number of carbonyl (C=O) groups excluding carboxylic acids is 1. The minimum atomic E-state index is -0.350. The summed E-state index contributed by atoms with van der Waals surface area (Å²) in [7, 11) is 0. The van der Waals surface area contributed by atoms with Crippen LogP contribution in [0.5, 0.6) is 5.75 Å². The molecule has 1 aliphatic heterocycles. The minimum absolute atomic E-state index is 0.0434. The van der Waals surface area contributed by atoms with Crippen molar-refractivity contribution in [2.24, 2.45) is 0 Å². The molecule has 1 amide bonds. The van der Waals surface area contributed by atoms with Gasteiger partial charge in [-0.25, -0.2) is 0 Å². The van der Waals surface area contributed by atoms with E-state index in [9.17, 15) is 4.79 Å². The van der Waals surface area contributed by atoms with E-state index in [1.165, 1.54) is 0 Å². The number of hydrogen-bond acceptors (Lipinski definition) is 4. The molecule has 6 nitrogen and oxygen atoms in total. The number of ether oxygens (including phenoxy) is 1. The van der Waals surface area contributed by atoms with Gasteiger partial charge >= 0.3 is 0 Å². The van der Waals surface area contributed by atoms with Crippen molar-refractivity contribution in [3.8, 4) is 5.75 Å². The third kappa shape index (κ3) is 5.62. The second-order valence-corrected chi connectivity index (χ2v) is 10.6. The Labute approximate surface area is 206 Å². The average Bonchev–Trinajstić information content (AvgIpc) is 3.43. The predicted octanol–water partition coefficient (Wildman–Crippen LogP) is 5.90. The van der Waals surface area contributed by atoms with Crippen LogP contribution in [0.25, 0.3) is 0 Å². The van der Waals surface area contributed by atoms with E-state index in [2.05, 4.69) is 37.5 Å². The summed E-state index contributed by atoms with van der Waals surface area (Å²) >= 11 is 6.12. The van der Waals surface area contributed by atoms with Gasteiger partial charge in [-0.05, 0) is 89.1 Å². The minimum Gasteiger partial charge on any atom is -0.491 e. The van der Waals surface area contributed by atoms with E-state index in [4.69, 9.17) is 21.4 Å². The Morgan fingerprint density at radius 2 is 1.79 bits per heavy atom. The molecule has 1 unspecified atom stereocenters. The first-order chi connectivity index (χ1) is 16.1. The van der Waals surface area contributed by atoms with Crippen LogP contribution in [-0.2, 0) is 10.3 Å². The highest BCUT2D eigenvalue weighted by molar-refractivity contribution is 6.30. The van der Waals surface area contributed by atoms with Gasteiger partial charge in [-0.15, -0.1) is 0 Å². The third-order valence-electron chi connectivity index (χ3n) is 5.99. The van der Waals surface area contributed by atoms with Gasteiger partial charge in [-0.1, -0.05) is 23.7 Å². The van der Waals surface area contributed by atoms with Gasteiger partial charge in [-0.3, -0.25) is 14.8 Å². The van der Waals surface area contributed by atoms with E-state index in [-0.39, 0.29) is 35.6 Å². The molecule has 7 heteroatoms. The molecule has 34 heavy (non-hydrogen) atoms. The van der Waals surface area contributed by atoms with E-state index in [0.717, 1.165) is 22.7 Å². The molecular formula is C27H33ClN4O2. The van der Waals surface area contributed by atoms with Gasteiger partial charge in [0.25, 0.3) is 0 Å². The highest BCUT2D eigenvalue weighted by Crippen LogP contribution is 2.40. The Bertz CT molecular complexity index is 1120. The zero-order valence-corrected chi connectivity index (χ0v) is 21.1. The summed E-state index contributed by atoms with van der Waals surface area (Å²) in [4.78, 5) is 13.2. The van der Waals surface area contributed by atoms with E-state index in [0.29, 0.717) is 11.4 Å². The molecule has 1 aliphatic rings. The Kier molecular flexibility index (Phi) is 7.01. The maximum absolute atomic E-state index is 13.2. The topological polar surface area (TPSA) is 68.2 Å². The first kappa shape index (κ1) is 24.3. The number of nitrogens with zero attached hydrogens (tertiary/aromatic N) is 2. The van der Waals surface area contributed by atoms with Crippen LogP contribution in [0.4, 0.5) is 5.69 Å². The van der Waals surface area contributed by atoms with Gasteiger partial charge in [0.15, 0.2) is 0 Å². The Morgan fingerprint density at radius 3 is 2.38 bits per heavy atom. The molecule has 2 N–H and O–H groups in total. The average molecular weight is 481 g/mol. The van der Waals surface area contributed by atoms with Crippen molar-refractivity contribution in [3.05, 3.63) is 77.1 Å². The van der Waals surface area contributed by atoms with Gasteiger partial charge in [0, 0.05) is 28.9 Å². The molecule has 0 spiro atoms. The largest absolute Gasteiger partial charge is 0.491 e. The molecule has 3 aromatic rings. The molecule has 180 valence electrons. The summed E-state index contributed by atoms with van der Waals surface area (Å²) in [6, 6.07) is 16.9. The van der Waals surface area contributed by atoms with Crippen LogP contribution in [-0.4, -0.2) is 27.8 Å². The van der Waals surface area contributed by atoms with E-state index < -0.39 is 0 Å². The molecular weight excluding hydrogens is 448 g/mol. The van der Waals surface area contributed by atoms with Crippen molar-refractivity contribution in [1.29, 1.82) is 0 Å². The van der Waals surface area contributed by atoms with Crippen molar-refractivity contribution in [2.75, 3.05) is 5.32 Å². The van der Waals surface area contributed by atoms with Crippen LogP contribution < -0.4 is 15.4 Å². The lowest BCUT2D eigenvalue weighted by atomic mass is 9.90. The van der Waals surface area contributed by atoms with E-state index in [1.54, 1.807) is 0 Å². The maximum atomic E-state index is 13.2. The number of aromatic nitrogens is 2. The summed E-state index contributed by atoms with van der Waals surface area (Å²) in [5.74, 6) is 0.779. The van der Waals surface area contributed by atoms with Crippen molar-refractivity contribution in [1.82, 2.24) is 15.1 Å². The van der Waals surface area contributed by atoms with Gasteiger partial charge in [0.05, 0.1) is 23.4 Å². The first-order valence-corrected chi connectivity index (χ1v) is 12.1. The molecule has 0 aliphatic carbocycles. The van der Waals surface area contributed by atoms with E-state index in [1.807, 2.05) is 73.3 Å². The lowest BCUT2D eigenvalue weighted by Crippen LogP contribution is -2.36. The predicted molar refractivity (Wildman–Crippen MR) is 137 cm³/mol. The molecule has 2 heterocycles. The second kappa shape index (κ2) is 9.80. The molecule has 0 bridgehead atoms. The number of rotatable bonds is 6. The molecule has 1 saturated heterocycles. The number of amides is 1. The molecule has 3 atom stereocenters. The highest BCUT2D eigenvalue weighted by Gasteiger charge is 2.40. The quantitative estimate of drug-likeness (QED) is 0.460.